The van der Waals surface area contributed by atoms with Gasteiger partial charge in [0.1, 0.15) is 0 Å². The summed E-state index contributed by atoms with van der Waals surface area (Å²) in [7, 11) is 0. The molecule has 1 aliphatic heterocycles. The number of hydrogen-bond acceptors (Lipinski definition) is 4. The Kier molecular flexibility index (Phi) is 5.13. The van der Waals surface area contributed by atoms with Crippen LogP contribution in [0.15, 0.2) is 30.5 Å². The molecule has 1 aromatic carbocycles. The Balaban J connectivity index is 1.02. The molecular formula is C25H33ClN4. The number of hydrogen-bond donors (Lipinski definition) is 1. The third-order valence-corrected chi connectivity index (χ3v) is 8.69. The van der Waals surface area contributed by atoms with Gasteiger partial charge in [-0.2, -0.15) is 0 Å². The first-order valence-electron chi connectivity index (χ1n) is 12.0. The zero-order valence-corrected chi connectivity index (χ0v) is 18.5. The van der Waals surface area contributed by atoms with E-state index < -0.39 is 0 Å². The molecule has 0 atom stereocenters. The number of aromatic nitrogens is 1. The van der Waals surface area contributed by atoms with Gasteiger partial charge in [-0.05, 0) is 80.0 Å². The lowest BCUT2D eigenvalue weighted by Crippen LogP contribution is -2.60. The number of nitrogens with one attached hydrogen (secondary N) is 1. The predicted octanol–water partition coefficient (Wildman–Crippen LogP) is 4.74. The van der Waals surface area contributed by atoms with Crippen molar-refractivity contribution in [2.75, 3.05) is 44.6 Å². The summed E-state index contributed by atoms with van der Waals surface area (Å²) in [5.41, 5.74) is 2.11. The Morgan fingerprint density at radius 1 is 0.933 bits per heavy atom. The van der Waals surface area contributed by atoms with E-state index in [4.69, 9.17) is 11.6 Å². The third-order valence-electron chi connectivity index (χ3n) is 8.45. The van der Waals surface area contributed by atoms with Crippen molar-refractivity contribution in [1.82, 2.24) is 14.8 Å². The number of rotatable bonds is 5. The van der Waals surface area contributed by atoms with Gasteiger partial charge in [-0.15, -0.1) is 0 Å². The molecule has 2 heterocycles. The fraction of sp³-hybridized carbons (Fsp3) is 0.640. The van der Waals surface area contributed by atoms with Gasteiger partial charge < -0.3 is 5.32 Å². The summed E-state index contributed by atoms with van der Waals surface area (Å²) >= 11 is 6.11. The van der Waals surface area contributed by atoms with E-state index in [1.54, 1.807) is 6.42 Å². The number of halogens is 1. The molecule has 2 aromatic rings. The summed E-state index contributed by atoms with van der Waals surface area (Å²) in [6, 6.07) is 8.93. The van der Waals surface area contributed by atoms with Gasteiger partial charge in [-0.3, -0.25) is 14.8 Å². The predicted molar refractivity (Wildman–Crippen MR) is 124 cm³/mol. The Hall–Kier alpha value is -1.36. The number of nitrogens with zero attached hydrogens (tertiary/aromatic N) is 3. The lowest BCUT2D eigenvalue weighted by atomic mass is 9.54. The van der Waals surface area contributed by atoms with Crippen LogP contribution in [0.5, 0.6) is 0 Å². The first-order chi connectivity index (χ1) is 14.7. The molecular weight excluding hydrogens is 392 g/mol. The van der Waals surface area contributed by atoms with E-state index in [9.17, 15) is 0 Å². The van der Waals surface area contributed by atoms with Gasteiger partial charge in [-0.1, -0.05) is 11.6 Å². The van der Waals surface area contributed by atoms with Crippen LogP contribution >= 0.6 is 11.6 Å². The summed E-state index contributed by atoms with van der Waals surface area (Å²) in [6.45, 7) is 7.05. The normalized spacial score (nSPS) is 34.0. The zero-order valence-electron chi connectivity index (χ0n) is 17.8. The van der Waals surface area contributed by atoms with Crippen LogP contribution in [0.2, 0.25) is 5.02 Å². The lowest BCUT2D eigenvalue weighted by Gasteiger charge is -2.58. The molecule has 160 valence electrons. The van der Waals surface area contributed by atoms with Gasteiger partial charge in [-0.25, -0.2) is 0 Å². The minimum atomic E-state index is 0.740. The highest BCUT2D eigenvalue weighted by molar-refractivity contribution is 6.31. The number of fused-ring (bicyclic) bond motifs is 1. The number of pyridine rings is 1. The third kappa shape index (κ3) is 3.61. The van der Waals surface area contributed by atoms with Crippen LogP contribution in [0, 0.1) is 23.7 Å². The van der Waals surface area contributed by atoms with Gasteiger partial charge in [0.2, 0.25) is 0 Å². The van der Waals surface area contributed by atoms with Crippen LogP contribution in [-0.2, 0) is 0 Å². The minimum Gasteiger partial charge on any atom is -0.383 e. The van der Waals surface area contributed by atoms with Crippen LogP contribution in [0.4, 0.5) is 5.69 Å². The molecule has 0 unspecified atom stereocenters. The summed E-state index contributed by atoms with van der Waals surface area (Å²) in [4.78, 5) is 9.97. The fourth-order valence-electron chi connectivity index (χ4n) is 7.40. The largest absolute Gasteiger partial charge is 0.383 e. The zero-order chi connectivity index (χ0) is 20.1. The molecule has 4 bridgehead atoms. The van der Waals surface area contributed by atoms with Crippen molar-refractivity contribution in [3.8, 4) is 0 Å². The molecule has 7 rings (SSSR count). The van der Waals surface area contributed by atoms with Gasteiger partial charge in [0.05, 0.1) is 5.52 Å². The van der Waals surface area contributed by atoms with Crippen molar-refractivity contribution in [3.63, 3.8) is 0 Å². The summed E-state index contributed by atoms with van der Waals surface area (Å²) in [5, 5.41) is 5.52. The highest BCUT2D eigenvalue weighted by Crippen LogP contribution is 2.55. The standard InChI is InChI=1S/C25H33ClN4/c26-21-1-2-22-23(3-4-27-24(22)16-21)28-5-6-29-7-9-30(10-8-29)25-19-12-17-11-18(14-19)15-20(25)13-17/h1-4,16-20,25H,5-15H2,(H,27,28). The van der Waals surface area contributed by atoms with Crippen LogP contribution < -0.4 is 5.32 Å². The van der Waals surface area contributed by atoms with Gasteiger partial charge in [0.15, 0.2) is 0 Å². The summed E-state index contributed by atoms with van der Waals surface area (Å²) in [5.74, 6) is 4.19. The molecule has 30 heavy (non-hydrogen) atoms. The molecule has 4 nitrogen and oxygen atoms in total. The lowest BCUT2D eigenvalue weighted by molar-refractivity contribution is -0.0761. The van der Waals surface area contributed by atoms with Crippen molar-refractivity contribution in [1.29, 1.82) is 0 Å². The average Bonchev–Trinajstić information content (AvgIpc) is 2.74. The summed E-state index contributed by atoms with van der Waals surface area (Å²) < 4.78 is 0. The van der Waals surface area contributed by atoms with Gasteiger partial charge in [0.25, 0.3) is 0 Å². The number of benzene rings is 1. The van der Waals surface area contributed by atoms with Crippen LogP contribution in [0.25, 0.3) is 10.9 Å². The van der Waals surface area contributed by atoms with E-state index in [0.29, 0.717) is 0 Å². The maximum atomic E-state index is 6.11. The number of anilines is 1. The maximum Gasteiger partial charge on any atom is 0.0737 e. The first-order valence-corrected chi connectivity index (χ1v) is 12.4. The second kappa shape index (κ2) is 7.96. The quantitative estimate of drug-likeness (QED) is 0.750. The van der Waals surface area contributed by atoms with Gasteiger partial charge in [0, 0.05) is 67.6 Å². The van der Waals surface area contributed by atoms with Crippen molar-refractivity contribution in [2.45, 2.75) is 38.1 Å². The van der Waals surface area contributed by atoms with Crippen molar-refractivity contribution in [3.05, 3.63) is 35.5 Å². The molecule has 1 saturated heterocycles. The fourth-order valence-corrected chi connectivity index (χ4v) is 7.57. The number of piperazine rings is 1. The molecule has 4 saturated carbocycles. The van der Waals surface area contributed by atoms with E-state index in [1.807, 2.05) is 18.3 Å². The molecule has 5 fully saturated rings. The van der Waals surface area contributed by atoms with E-state index in [1.165, 1.54) is 51.9 Å². The van der Waals surface area contributed by atoms with Gasteiger partial charge >= 0.3 is 0 Å². The highest BCUT2D eigenvalue weighted by Gasteiger charge is 2.50. The Morgan fingerprint density at radius 2 is 1.67 bits per heavy atom. The molecule has 5 heteroatoms. The summed E-state index contributed by atoms with van der Waals surface area (Å²) in [6.07, 6.45) is 9.56. The average molecular weight is 425 g/mol. The molecule has 0 radical (unpaired) electrons. The monoisotopic (exact) mass is 424 g/mol. The molecule has 4 aliphatic carbocycles. The Labute approximate surface area is 185 Å². The molecule has 0 amide bonds. The Morgan fingerprint density at radius 3 is 2.40 bits per heavy atom. The SMILES string of the molecule is Clc1ccc2c(NCCN3CCN(C4C5CC6CC(C5)CC4C6)CC3)ccnc2c1. The molecule has 5 aliphatic rings. The highest BCUT2D eigenvalue weighted by atomic mass is 35.5. The molecule has 0 spiro atoms. The van der Waals surface area contributed by atoms with Crippen LogP contribution in [0.3, 0.4) is 0 Å². The van der Waals surface area contributed by atoms with Crippen molar-refractivity contribution in [2.24, 2.45) is 23.7 Å². The minimum absolute atomic E-state index is 0.740. The first kappa shape index (κ1) is 19.3. The van der Waals surface area contributed by atoms with E-state index >= 15 is 0 Å². The second-order valence-corrected chi connectivity index (χ2v) is 10.7. The topological polar surface area (TPSA) is 31.4 Å². The van der Waals surface area contributed by atoms with E-state index in [-0.39, 0.29) is 0 Å². The smallest absolute Gasteiger partial charge is 0.0737 e. The Bertz CT molecular complexity index is 879. The second-order valence-electron chi connectivity index (χ2n) is 10.2. The van der Waals surface area contributed by atoms with Crippen molar-refractivity contribution < 1.29 is 0 Å². The molecule has 1 N–H and O–H groups in total. The van der Waals surface area contributed by atoms with E-state index in [2.05, 4.69) is 32.2 Å². The van der Waals surface area contributed by atoms with Crippen LogP contribution in [-0.4, -0.2) is 60.1 Å². The van der Waals surface area contributed by atoms with Crippen molar-refractivity contribution >= 4 is 28.2 Å². The maximum absolute atomic E-state index is 6.11. The van der Waals surface area contributed by atoms with E-state index in [0.717, 1.165) is 64.4 Å². The molecule has 1 aromatic heterocycles. The van der Waals surface area contributed by atoms with Crippen LogP contribution in [0.1, 0.15) is 32.1 Å².